The average Bonchev–Trinajstić information content (AvgIpc) is 2.96. The van der Waals surface area contributed by atoms with Crippen LogP contribution in [-0.4, -0.2) is 10.9 Å². The van der Waals surface area contributed by atoms with Gasteiger partial charge in [-0.05, 0) is 43.7 Å². The largest absolute Gasteiger partial charge is 0.298 e. The molecule has 0 atom stereocenters. The summed E-state index contributed by atoms with van der Waals surface area (Å²) in [5.41, 5.74) is 4.63. The van der Waals surface area contributed by atoms with E-state index < -0.39 is 0 Å². The first kappa shape index (κ1) is 15.4. The molecule has 0 fully saturated rings. The third kappa shape index (κ3) is 3.46. The zero-order valence-electron chi connectivity index (χ0n) is 12.8. The molecule has 5 heteroatoms. The number of thiazole rings is 1. The Morgan fingerprint density at radius 3 is 2.57 bits per heavy atom. The van der Waals surface area contributed by atoms with Gasteiger partial charge in [0.25, 0.3) is 5.91 Å². The molecule has 0 aliphatic heterocycles. The molecule has 1 aromatic heterocycles. The first-order valence-electron chi connectivity index (χ1n) is 7.13. The van der Waals surface area contributed by atoms with Crippen molar-refractivity contribution >= 4 is 22.4 Å². The summed E-state index contributed by atoms with van der Waals surface area (Å²) in [6, 6.07) is 11.6. The summed E-state index contributed by atoms with van der Waals surface area (Å²) in [6.07, 6.45) is 0. The zero-order valence-corrected chi connectivity index (χ0v) is 13.6. The number of hydrogen-bond acceptors (Lipinski definition) is 3. The van der Waals surface area contributed by atoms with E-state index in [2.05, 4.69) is 16.4 Å². The van der Waals surface area contributed by atoms with E-state index in [9.17, 15) is 9.18 Å². The van der Waals surface area contributed by atoms with Crippen LogP contribution in [-0.2, 0) is 0 Å². The molecular formula is C18H15FN2OS. The van der Waals surface area contributed by atoms with Crippen LogP contribution in [0, 0.1) is 19.7 Å². The van der Waals surface area contributed by atoms with Crippen LogP contribution in [0.25, 0.3) is 11.3 Å². The molecule has 0 bridgehead atoms. The number of benzene rings is 2. The summed E-state index contributed by atoms with van der Waals surface area (Å²) in [4.78, 5) is 16.6. The van der Waals surface area contributed by atoms with Crippen molar-refractivity contribution in [3.63, 3.8) is 0 Å². The van der Waals surface area contributed by atoms with Crippen LogP contribution in [0.1, 0.15) is 21.5 Å². The van der Waals surface area contributed by atoms with E-state index >= 15 is 0 Å². The van der Waals surface area contributed by atoms with Crippen molar-refractivity contribution < 1.29 is 9.18 Å². The van der Waals surface area contributed by atoms with E-state index in [0.29, 0.717) is 10.7 Å². The van der Waals surface area contributed by atoms with E-state index in [0.717, 1.165) is 16.8 Å². The lowest BCUT2D eigenvalue weighted by Gasteiger charge is -2.04. The fraction of sp³-hybridized carbons (Fsp3) is 0.111. The topological polar surface area (TPSA) is 42.0 Å². The van der Waals surface area contributed by atoms with Gasteiger partial charge in [0.2, 0.25) is 0 Å². The number of nitrogens with one attached hydrogen (secondary N) is 1. The second-order valence-corrected chi connectivity index (χ2v) is 6.18. The molecule has 0 aliphatic carbocycles. The summed E-state index contributed by atoms with van der Waals surface area (Å²) in [5, 5.41) is 5.18. The predicted molar refractivity (Wildman–Crippen MR) is 91.4 cm³/mol. The second-order valence-electron chi connectivity index (χ2n) is 5.32. The van der Waals surface area contributed by atoms with E-state index in [1.165, 1.54) is 41.2 Å². The second kappa shape index (κ2) is 6.30. The van der Waals surface area contributed by atoms with Crippen molar-refractivity contribution in [1.82, 2.24) is 4.98 Å². The Morgan fingerprint density at radius 1 is 1.13 bits per heavy atom. The molecule has 0 saturated carbocycles. The van der Waals surface area contributed by atoms with E-state index in [4.69, 9.17) is 0 Å². The summed E-state index contributed by atoms with van der Waals surface area (Å²) >= 11 is 1.37. The Hall–Kier alpha value is -2.53. The highest BCUT2D eigenvalue weighted by molar-refractivity contribution is 7.14. The van der Waals surface area contributed by atoms with Crippen molar-refractivity contribution in [1.29, 1.82) is 0 Å². The Morgan fingerprint density at radius 2 is 1.87 bits per heavy atom. The molecule has 2 aromatic carbocycles. The van der Waals surface area contributed by atoms with Gasteiger partial charge in [0, 0.05) is 16.5 Å². The number of carbonyl (C=O) groups is 1. The average molecular weight is 326 g/mol. The molecule has 3 aromatic rings. The number of hydrogen-bond donors (Lipinski definition) is 1. The summed E-state index contributed by atoms with van der Waals surface area (Å²) < 4.78 is 12.9. The molecular weight excluding hydrogens is 311 g/mol. The van der Waals surface area contributed by atoms with Crippen LogP contribution in [0.5, 0.6) is 0 Å². The molecule has 1 heterocycles. The Balaban J connectivity index is 1.79. The van der Waals surface area contributed by atoms with Crippen LogP contribution in [0.2, 0.25) is 0 Å². The minimum atomic E-state index is -0.368. The number of nitrogens with zero attached hydrogens (tertiary/aromatic N) is 1. The summed E-state index contributed by atoms with van der Waals surface area (Å²) in [7, 11) is 0. The molecule has 0 aliphatic rings. The number of aromatic nitrogens is 1. The monoisotopic (exact) mass is 326 g/mol. The molecule has 1 N–H and O–H groups in total. The fourth-order valence-electron chi connectivity index (χ4n) is 2.33. The van der Waals surface area contributed by atoms with Gasteiger partial charge in [0.1, 0.15) is 5.82 Å². The number of rotatable bonds is 3. The number of amides is 1. The van der Waals surface area contributed by atoms with Gasteiger partial charge in [0.05, 0.1) is 5.69 Å². The first-order chi connectivity index (χ1) is 11.0. The van der Waals surface area contributed by atoms with Crippen molar-refractivity contribution in [3.05, 3.63) is 70.4 Å². The number of aryl methyl sites for hydroxylation is 2. The van der Waals surface area contributed by atoms with Gasteiger partial charge >= 0.3 is 0 Å². The van der Waals surface area contributed by atoms with E-state index in [-0.39, 0.29) is 11.7 Å². The highest BCUT2D eigenvalue weighted by Crippen LogP contribution is 2.28. The molecule has 0 spiro atoms. The van der Waals surface area contributed by atoms with Crippen molar-refractivity contribution in [2.24, 2.45) is 0 Å². The third-order valence-corrected chi connectivity index (χ3v) is 4.25. The van der Waals surface area contributed by atoms with Crippen LogP contribution >= 0.6 is 11.3 Å². The molecule has 23 heavy (non-hydrogen) atoms. The quantitative estimate of drug-likeness (QED) is 0.750. The normalized spacial score (nSPS) is 10.6. The van der Waals surface area contributed by atoms with Crippen LogP contribution in [0.3, 0.4) is 0 Å². The van der Waals surface area contributed by atoms with Gasteiger partial charge < -0.3 is 0 Å². The van der Waals surface area contributed by atoms with Gasteiger partial charge in [-0.25, -0.2) is 9.37 Å². The van der Waals surface area contributed by atoms with E-state index in [1.807, 2.05) is 31.4 Å². The summed E-state index contributed by atoms with van der Waals surface area (Å²) in [5.74, 6) is -0.667. The molecule has 3 nitrogen and oxygen atoms in total. The van der Waals surface area contributed by atoms with Gasteiger partial charge in [0.15, 0.2) is 5.13 Å². The minimum absolute atomic E-state index is 0.300. The van der Waals surface area contributed by atoms with Gasteiger partial charge in [-0.2, -0.15) is 0 Å². The zero-order chi connectivity index (χ0) is 16.4. The Bertz CT molecular complexity index is 856. The molecule has 0 unspecified atom stereocenters. The molecule has 0 radical (unpaired) electrons. The molecule has 3 rings (SSSR count). The van der Waals surface area contributed by atoms with Crippen molar-refractivity contribution in [2.75, 3.05) is 5.32 Å². The molecule has 1 amide bonds. The highest BCUT2D eigenvalue weighted by atomic mass is 32.1. The Kier molecular flexibility index (Phi) is 4.21. The van der Waals surface area contributed by atoms with Crippen LogP contribution in [0.15, 0.2) is 47.8 Å². The lowest BCUT2D eigenvalue weighted by molar-refractivity contribution is 0.102. The van der Waals surface area contributed by atoms with Gasteiger partial charge in [-0.15, -0.1) is 11.3 Å². The van der Waals surface area contributed by atoms with Crippen molar-refractivity contribution in [3.8, 4) is 11.3 Å². The number of halogens is 1. The fourth-order valence-corrected chi connectivity index (χ4v) is 3.03. The smallest absolute Gasteiger partial charge is 0.257 e. The van der Waals surface area contributed by atoms with Crippen LogP contribution < -0.4 is 5.32 Å². The maximum Gasteiger partial charge on any atom is 0.257 e. The number of carbonyl (C=O) groups excluding carboxylic acids is 1. The van der Waals surface area contributed by atoms with Crippen LogP contribution in [0.4, 0.5) is 9.52 Å². The predicted octanol–water partition coefficient (Wildman–Crippen LogP) is 4.82. The molecule has 116 valence electrons. The SMILES string of the molecule is Cc1ccc(-c2csc(NC(=O)c3ccc(F)cc3)n2)c(C)c1. The maximum absolute atomic E-state index is 12.9. The number of anilines is 1. The maximum atomic E-state index is 12.9. The Labute approximate surface area is 137 Å². The standard InChI is InChI=1S/C18H15FN2OS/c1-11-3-8-15(12(2)9-11)16-10-23-18(20-16)21-17(22)13-4-6-14(19)7-5-13/h3-10H,1-2H3,(H,20,21,22). The highest BCUT2D eigenvalue weighted by Gasteiger charge is 2.11. The lowest BCUT2D eigenvalue weighted by Crippen LogP contribution is -2.11. The third-order valence-electron chi connectivity index (χ3n) is 3.49. The summed E-state index contributed by atoms with van der Waals surface area (Å²) in [6.45, 7) is 4.09. The van der Waals surface area contributed by atoms with Crippen molar-refractivity contribution in [2.45, 2.75) is 13.8 Å². The van der Waals surface area contributed by atoms with Gasteiger partial charge in [-0.3, -0.25) is 10.1 Å². The molecule has 0 saturated heterocycles. The van der Waals surface area contributed by atoms with Gasteiger partial charge in [-0.1, -0.05) is 23.8 Å². The first-order valence-corrected chi connectivity index (χ1v) is 8.01. The van der Waals surface area contributed by atoms with E-state index in [1.54, 1.807) is 0 Å². The lowest BCUT2D eigenvalue weighted by atomic mass is 10.0. The minimum Gasteiger partial charge on any atom is -0.298 e.